The van der Waals surface area contributed by atoms with Gasteiger partial charge in [-0.2, -0.15) is 0 Å². The molecule has 7 nitrogen and oxygen atoms in total. The minimum Gasteiger partial charge on any atom is -0.507 e. The van der Waals surface area contributed by atoms with Crippen LogP contribution < -0.4 is 19.1 Å². The number of benzene rings is 3. The van der Waals surface area contributed by atoms with Gasteiger partial charge in [-0.25, -0.2) is 0 Å². The zero-order chi connectivity index (χ0) is 29.2. The Bertz CT molecular complexity index is 1410. The molecule has 3 aromatic carbocycles. The first-order valence-corrected chi connectivity index (χ1v) is 13.3. The molecule has 1 amide bonds. The molecule has 0 aromatic heterocycles. The van der Waals surface area contributed by atoms with Crippen molar-refractivity contribution in [3.8, 4) is 17.2 Å². The summed E-state index contributed by atoms with van der Waals surface area (Å²) >= 11 is 0. The molecule has 1 aliphatic rings. The third kappa shape index (κ3) is 5.69. The number of hydrogen-bond acceptors (Lipinski definition) is 6. The van der Waals surface area contributed by atoms with E-state index < -0.39 is 17.7 Å². The Morgan fingerprint density at radius 1 is 0.900 bits per heavy atom. The fourth-order valence-corrected chi connectivity index (χ4v) is 4.76. The van der Waals surface area contributed by atoms with E-state index in [0.717, 1.165) is 5.56 Å². The molecular weight excluding hydrogens is 506 g/mol. The van der Waals surface area contributed by atoms with Crippen LogP contribution in [0.1, 0.15) is 57.4 Å². The summed E-state index contributed by atoms with van der Waals surface area (Å²) in [6.45, 7) is 10.8. The summed E-state index contributed by atoms with van der Waals surface area (Å²) < 4.78 is 16.7. The Kier molecular flexibility index (Phi) is 8.24. The largest absolute Gasteiger partial charge is 0.507 e. The summed E-state index contributed by atoms with van der Waals surface area (Å²) in [4.78, 5) is 28.5. The van der Waals surface area contributed by atoms with E-state index >= 15 is 0 Å². The number of hydrogen-bond donors (Lipinski definition) is 1. The summed E-state index contributed by atoms with van der Waals surface area (Å²) in [6.07, 6.45) is 0. The zero-order valence-electron chi connectivity index (χ0n) is 24.1. The summed E-state index contributed by atoms with van der Waals surface area (Å²) in [5.41, 5.74) is 2.20. The van der Waals surface area contributed by atoms with Crippen molar-refractivity contribution in [1.82, 2.24) is 0 Å². The van der Waals surface area contributed by atoms with Gasteiger partial charge in [-0.15, -0.1) is 0 Å². The first kappa shape index (κ1) is 28.7. The van der Waals surface area contributed by atoms with E-state index in [2.05, 4.69) is 13.8 Å². The predicted octanol–water partition coefficient (Wildman–Crippen LogP) is 6.66. The van der Waals surface area contributed by atoms with E-state index in [1.807, 2.05) is 26.8 Å². The van der Waals surface area contributed by atoms with Crippen molar-refractivity contribution in [3.63, 3.8) is 0 Å². The molecule has 1 atom stereocenters. The molecule has 0 spiro atoms. The number of carbonyl (C=O) groups is 2. The van der Waals surface area contributed by atoms with Gasteiger partial charge in [0.15, 0.2) is 0 Å². The van der Waals surface area contributed by atoms with Gasteiger partial charge < -0.3 is 19.3 Å². The van der Waals surface area contributed by atoms with Gasteiger partial charge in [-0.3, -0.25) is 14.5 Å². The van der Waals surface area contributed by atoms with Crippen LogP contribution in [0.15, 0.2) is 72.3 Å². The SMILES string of the molecule is COc1ccc(C2/C(=C(/O)c3ccc(OC)c(C(C)(C)C)c3)C(=O)C(=O)N2c2ccc(OCC(C)C)cc2)cc1. The summed E-state index contributed by atoms with van der Waals surface area (Å²) in [5, 5.41) is 11.6. The number of carbonyl (C=O) groups excluding carboxylic acids is 2. The second kappa shape index (κ2) is 11.5. The van der Waals surface area contributed by atoms with Gasteiger partial charge in [0.05, 0.1) is 32.4 Å². The fraction of sp³-hybridized carbons (Fsp3) is 0.333. The third-order valence-electron chi connectivity index (χ3n) is 6.86. The number of ketones is 1. The van der Waals surface area contributed by atoms with Crippen LogP contribution in [-0.4, -0.2) is 37.6 Å². The van der Waals surface area contributed by atoms with Gasteiger partial charge in [-0.05, 0) is 71.5 Å². The molecule has 3 aromatic rings. The van der Waals surface area contributed by atoms with Crippen LogP contribution >= 0.6 is 0 Å². The van der Waals surface area contributed by atoms with E-state index in [-0.39, 0.29) is 16.7 Å². The highest BCUT2D eigenvalue weighted by atomic mass is 16.5. The van der Waals surface area contributed by atoms with Crippen molar-refractivity contribution in [2.45, 2.75) is 46.1 Å². The Labute approximate surface area is 236 Å². The van der Waals surface area contributed by atoms with E-state index in [0.29, 0.717) is 46.6 Å². The molecule has 1 fully saturated rings. The molecule has 1 N–H and O–H groups in total. The number of methoxy groups -OCH3 is 2. The van der Waals surface area contributed by atoms with Crippen LogP contribution in [0.25, 0.3) is 5.76 Å². The average molecular weight is 544 g/mol. The molecule has 40 heavy (non-hydrogen) atoms. The van der Waals surface area contributed by atoms with Crippen LogP contribution in [-0.2, 0) is 15.0 Å². The number of nitrogens with zero attached hydrogens (tertiary/aromatic N) is 1. The van der Waals surface area contributed by atoms with Crippen LogP contribution in [0.3, 0.4) is 0 Å². The van der Waals surface area contributed by atoms with E-state index in [1.54, 1.807) is 74.9 Å². The Hall–Kier alpha value is -4.26. The zero-order valence-corrected chi connectivity index (χ0v) is 24.1. The highest BCUT2D eigenvalue weighted by Gasteiger charge is 2.47. The van der Waals surface area contributed by atoms with Gasteiger partial charge >= 0.3 is 0 Å². The minimum atomic E-state index is -0.853. The standard InChI is InChI=1S/C33H37NO6/c1-20(2)19-40-25-15-11-23(12-16-25)34-29(21-8-13-24(38-6)14-9-21)28(31(36)32(34)37)30(35)22-10-17-27(39-7)26(18-22)33(3,4)5/h8-18,20,29,35H,19H2,1-7H3/b30-28-. The second-order valence-corrected chi connectivity index (χ2v) is 11.3. The van der Waals surface area contributed by atoms with E-state index in [4.69, 9.17) is 14.2 Å². The normalized spacial score (nSPS) is 16.9. The van der Waals surface area contributed by atoms with Crippen molar-refractivity contribution < 1.29 is 28.9 Å². The maximum Gasteiger partial charge on any atom is 0.300 e. The Morgan fingerprint density at radius 3 is 2.08 bits per heavy atom. The Balaban J connectivity index is 1.87. The number of amides is 1. The van der Waals surface area contributed by atoms with Crippen LogP contribution in [0.5, 0.6) is 17.2 Å². The lowest BCUT2D eigenvalue weighted by Crippen LogP contribution is -2.29. The molecule has 0 saturated carbocycles. The highest BCUT2D eigenvalue weighted by Crippen LogP contribution is 2.43. The van der Waals surface area contributed by atoms with Gasteiger partial charge in [0.1, 0.15) is 23.0 Å². The number of rotatable bonds is 8. The molecule has 4 rings (SSSR count). The lowest BCUT2D eigenvalue weighted by atomic mass is 9.84. The molecule has 7 heteroatoms. The van der Waals surface area contributed by atoms with E-state index in [1.165, 1.54) is 4.90 Å². The third-order valence-corrected chi connectivity index (χ3v) is 6.86. The fourth-order valence-electron chi connectivity index (χ4n) is 4.76. The molecule has 0 aliphatic carbocycles. The lowest BCUT2D eigenvalue weighted by Gasteiger charge is -2.26. The van der Waals surface area contributed by atoms with E-state index in [9.17, 15) is 14.7 Å². The number of anilines is 1. The number of Topliss-reactive ketones (excluding diaryl/α,β-unsaturated/α-hetero) is 1. The molecule has 0 radical (unpaired) electrons. The predicted molar refractivity (Wildman–Crippen MR) is 156 cm³/mol. The summed E-state index contributed by atoms with van der Waals surface area (Å²) in [5.74, 6) is 0.627. The topological polar surface area (TPSA) is 85.3 Å². The maximum absolute atomic E-state index is 13.6. The van der Waals surface area contributed by atoms with Gasteiger partial charge in [0.25, 0.3) is 11.7 Å². The van der Waals surface area contributed by atoms with Crippen molar-refractivity contribution in [2.75, 3.05) is 25.7 Å². The molecule has 1 heterocycles. The summed E-state index contributed by atoms with van der Waals surface area (Å²) in [6, 6.07) is 18.6. The van der Waals surface area contributed by atoms with Crippen LogP contribution in [0.4, 0.5) is 5.69 Å². The van der Waals surface area contributed by atoms with Gasteiger partial charge in [-0.1, -0.05) is 46.8 Å². The number of ether oxygens (including phenoxy) is 3. The smallest absolute Gasteiger partial charge is 0.300 e. The molecular formula is C33H37NO6. The molecule has 210 valence electrons. The highest BCUT2D eigenvalue weighted by molar-refractivity contribution is 6.51. The monoisotopic (exact) mass is 543 g/mol. The minimum absolute atomic E-state index is 0.0142. The second-order valence-electron chi connectivity index (χ2n) is 11.3. The van der Waals surface area contributed by atoms with Crippen molar-refractivity contribution >= 4 is 23.1 Å². The Morgan fingerprint density at radius 2 is 1.52 bits per heavy atom. The van der Waals surface area contributed by atoms with Gasteiger partial charge in [0.2, 0.25) is 0 Å². The van der Waals surface area contributed by atoms with Crippen molar-refractivity contribution in [2.24, 2.45) is 5.92 Å². The molecule has 1 saturated heterocycles. The van der Waals surface area contributed by atoms with Crippen LogP contribution in [0.2, 0.25) is 0 Å². The summed E-state index contributed by atoms with van der Waals surface area (Å²) in [7, 11) is 3.17. The number of aliphatic hydroxyl groups is 1. The van der Waals surface area contributed by atoms with Gasteiger partial charge in [0, 0.05) is 16.8 Å². The molecule has 0 bridgehead atoms. The quantitative estimate of drug-likeness (QED) is 0.194. The molecule has 1 unspecified atom stereocenters. The first-order chi connectivity index (χ1) is 19.0. The molecule has 1 aliphatic heterocycles. The van der Waals surface area contributed by atoms with Crippen molar-refractivity contribution in [3.05, 3.63) is 89.0 Å². The number of aliphatic hydroxyl groups excluding tert-OH is 1. The lowest BCUT2D eigenvalue weighted by molar-refractivity contribution is -0.132. The van der Waals surface area contributed by atoms with Crippen molar-refractivity contribution in [1.29, 1.82) is 0 Å². The maximum atomic E-state index is 13.6. The van der Waals surface area contributed by atoms with Crippen LogP contribution in [0, 0.1) is 5.92 Å². The first-order valence-electron chi connectivity index (χ1n) is 13.3. The average Bonchev–Trinajstić information content (AvgIpc) is 3.20.